The Labute approximate surface area is 92.9 Å². The lowest BCUT2D eigenvalue weighted by molar-refractivity contribution is 0.0199. The van der Waals surface area contributed by atoms with Crippen molar-refractivity contribution in [3.05, 3.63) is 30.2 Å². The molecule has 0 amide bonds. The molecular formula is C11H14N4O. The summed E-state index contributed by atoms with van der Waals surface area (Å²) in [6.07, 6.45) is 4.78. The predicted octanol–water partition coefficient (Wildman–Crippen LogP) is 0.0805. The van der Waals surface area contributed by atoms with Crippen LogP contribution in [0.2, 0.25) is 0 Å². The zero-order valence-electron chi connectivity index (χ0n) is 8.87. The molecule has 1 aliphatic carbocycles. The molecule has 1 aliphatic rings. The van der Waals surface area contributed by atoms with E-state index in [0.717, 1.165) is 11.3 Å². The van der Waals surface area contributed by atoms with E-state index in [9.17, 15) is 5.11 Å². The van der Waals surface area contributed by atoms with E-state index in [0.29, 0.717) is 19.4 Å². The van der Waals surface area contributed by atoms with Crippen molar-refractivity contribution >= 4 is 5.65 Å². The largest absolute Gasteiger partial charge is 0.393 e. The summed E-state index contributed by atoms with van der Waals surface area (Å²) in [6, 6.07) is 3.80. The quantitative estimate of drug-likeness (QED) is 0.748. The highest BCUT2D eigenvalue weighted by atomic mass is 16.3. The first-order valence-corrected chi connectivity index (χ1v) is 5.42. The third-order valence-electron chi connectivity index (χ3n) is 3.42. The number of hydrogen-bond donors (Lipinski definition) is 2. The van der Waals surface area contributed by atoms with Crippen LogP contribution >= 0.6 is 0 Å². The lowest BCUT2D eigenvalue weighted by Crippen LogP contribution is -2.50. The molecule has 1 saturated carbocycles. The summed E-state index contributed by atoms with van der Waals surface area (Å²) < 4.78 is 1.75. The van der Waals surface area contributed by atoms with Crippen LogP contribution < -0.4 is 5.73 Å². The molecule has 0 aliphatic heterocycles. The fourth-order valence-corrected chi connectivity index (χ4v) is 2.41. The van der Waals surface area contributed by atoms with Crippen LogP contribution in [0.1, 0.15) is 18.5 Å². The van der Waals surface area contributed by atoms with Crippen LogP contribution in [0, 0.1) is 0 Å². The van der Waals surface area contributed by atoms with Gasteiger partial charge in [-0.05, 0) is 18.9 Å². The highest BCUT2D eigenvalue weighted by molar-refractivity contribution is 5.42. The van der Waals surface area contributed by atoms with Gasteiger partial charge in [0.25, 0.3) is 0 Å². The van der Waals surface area contributed by atoms with E-state index in [1.165, 1.54) is 0 Å². The number of nitrogens with two attached hydrogens (primary N) is 1. The molecule has 5 nitrogen and oxygen atoms in total. The molecule has 3 rings (SSSR count). The van der Waals surface area contributed by atoms with Crippen LogP contribution in [0.5, 0.6) is 0 Å². The number of aliphatic hydroxyl groups excluding tert-OH is 1. The standard InChI is InChI=1S/C11H14N4O/c12-7-11(5-8(16)6-11)9-4-10-13-2-1-3-15(10)14-9/h1-4,8,16H,5-7,12H2. The second kappa shape index (κ2) is 3.26. The van der Waals surface area contributed by atoms with Gasteiger partial charge >= 0.3 is 0 Å². The molecule has 1 fully saturated rings. The summed E-state index contributed by atoms with van der Waals surface area (Å²) >= 11 is 0. The molecule has 0 spiro atoms. The van der Waals surface area contributed by atoms with Gasteiger partial charge in [-0.2, -0.15) is 5.10 Å². The molecule has 5 heteroatoms. The van der Waals surface area contributed by atoms with Crippen LogP contribution in [0.3, 0.4) is 0 Å². The molecule has 0 aromatic carbocycles. The van der Waals surface area contributed by atoms with Crippen molar-refractivity contribution < 1.29 is 5.11 Å². The topological polar surface area (TPSA) is 76.4 Å². The van der Waals surface area contributed by atoms with Gasteiger partial charge in [0.1, 0.15) is 0 Å². The Morgan fingerprint density at radius 3 is 3.00 bits per heavy atom. The lowest BCUT2D eigenvalue weighted by Gasteiger charge is -2.43. The van der Waals surface area contributed by atoms with Gasteiger partial charge in [-0.3, -0.25) is 0 Å². The Balaban J connectivity index is 2.05. The first kappa shape index (κ1) is 9.74. The molecule has 0 bridgehead atoms. The van der Waals surface area contributed by atoms with Crippen LogP contribution in [0.25, 0.3) is 5.65 Å². The summed E-state index contributed by atoms with van der Waals surface area (Å²) in [5, 5.41) is 13.9. The maximum Gasteiger partial charge on any atom is 0.155 e. The van der Waals surface area contributed by atoms with Gasteiger partial charge in [-0.25, -0.2) is 9.50 Å². The molecule has 0 atom stereocenters. The smallest absolute Gasteiger partial charge is 0.155 e. The van der Waals surface area contributed by atoms with Gasteiger partial charge in [0, 0.05) is 30.4 Å². The van der Waals surface area contributed by atoms with Crippen LogP contribution in [0.15, 0.2) is 24.5 Å². The second-order valence-corrected chi connectivity index (χ2v) is 4.50. The first-order chi connectivity index (χ1) is 7.73. The van der Waals surface area contributed by atoms with E-state index < -0.39 is 0 Å². The van der Waals surface area contributed by atoms with Gasteiger partial charge < -0.3 is 10.8 Å². The summed E-state index contributed by atoms with van der Waals surface area (Å²) in [6.45, 7) is 0.522. The van der Waals surface area contributed by atoms with Crippen LogP contribution in [-0.4, -0.2) is 32.4 Å². The number of hydrogen-bond acceptors (Lipinski definition) is 4. The average Bonchev–Trinajstić information content (AvgIpc) is 2.68. The summed E-state index contributed by atoms with van der Waals surface area (Å²) in [5.74, 6) is 0. The van der Waals surface area contributed by atoms with E-state index in [1.807, 2.05) is 18.3 Å². The first-order valence-electron chi connectivity index (χ1n) is 5.42. The lowest BCUT2D eigenvalue weighted by atomic mass is 9.65. The molecule has 3 N–H and O–H groups in total. The second-order valence-electron chi connectivity index (χ2n) is 4.50. The van der Waals surface area contributed by atoms with Crippen molar-refractivity contribution in [2.45, 2.75) is 24.4 Å². The van der Waals surface area contributed by atoms with E-state index >= 15 is 0 Å². The summed E-state index contributed by atoms with van der Waals surface area (Å²) in [4.78, 5) is 4.22. The normalized spacial score (nSPS) is 29.2. The molecular weight excluding hydrogens is 204 g/mol. The van der Waals surface area contributed by atoms with Gasteiger partial charge in [0.2, 0.25) is 0 Å². The Hall–Kier alpha value is -1.46. The maximum absolute atomic E-state index is 9.45. The Morgan fingerprint density at radius 2 is 2.38 bits per heavy atom. The van der Waals surface area contributed by atoms with Crippen molar-refractivity contribution in [3.63, 3.8) is 0 Å². The Kier molecular flexibility index (Phi) is 1.99. The van der Waals surface area contributed by atoms with Crippen molar-refractivity contribution in [3.8, 4) is 0 Å². The summed E-state index contributed by atoms with van der Waals surface area (Å²) in [5.41, 5.74) is 7.43. The van der Waals surface area contributed by atoms with Gasteiger partial charge in [0.15, 0.2) is 5.65 Å². The van der Waals surface area contributed by atoms with Gasteiger partial charge in [0.05, 0.1) is 11.8 Å². The number of nitrogens with zero attached hydrogens (tertiary/aromatic N) is 3. The molecule has 0 unspecified atom stereocenters. The van der Waals surface area contributed by atoms with Gasteiger partial charge in [-0.15, -0.1) is 0 Å². The fraction of sp³-hybridized carbons (Fsp3) is 0.455. The van der Waals surface area contributed by atoms with E-state index in [-0.39, 0.29) is 11.5 Å². The molecule has 84 valence electrons. The number of aromatic nitrogens is 3. The molecule has 2 aromatic rings. The molecule has 0 radical (unpaired) electrons. The monoisotopic (exact) mass is 218 g/mol. The maximum atomic E-state index is 9.45. The molecule has 2 heterocycles. The molecule has 2 aromatic heterocycles. The zero-order valence-corrected chi connectivity index (χ0v) is 8.87. The van der Waals surface area contributed by atoms with Crippen LogP contribution in [0.4, 0.5) is 0 Å². The predicted molar refractivity (Wildman–Crippen MR) is 59.0 cm³/mol. The minimum atomic E-state index is -0.235. The van der Waals surface area contributed by atoms with Crippen molar-refractivity contribution in [2.24, 2.45) is 5.73 Å². The van der Waals surface area contributed by atoms with E-state index in [2.05, 4.69) is 10.1 Å². The molecule has 0 saturated heterocycles. The third-order valence-corrected chi connectivity index (χ3v) is 3.42. The van der Waals surface area contributed by atoms with Crippen molar-refractivity contribution in [1.29, 1.82) is 0 Å². The molecule has 16 heavy (non-hydrogen) atoms. The zero-order chi connectivity index (χ0) is 11.2. The number of aliphatic hydroxyl groups is 1. The van der Waals surface area contributed by atoms with E-state index in [1.54, 1.807) is 10.7 Å². The fourth-order valence-electron chi connectivity index (χ4n) is 2.41. The van der Waals surface area contributed by atoms with E-state index in [4.69, 9.17) is 5.73 Å². The van der Waals surface area contributed by atoms with Crippen LogP contribution in [-0.2, 0) is 5.41 Å². The number of rotatable bonds is 2. The highest BCUT2D eigenvalue weighted by Crippen LogP contribution is 2.42. The summed E-state index contributed by atoms with van der Waals surface area (Å²) in [7, 11) is 0. The number of fused-ring (bicyclic) bond motifs is 1. The highest BCUT2D eigenvalue weighted by Gasteiger charge is 2.45. The Bertz CT molecular complexity index is 482. The Morgan fingerprint density at radius 1 is 1.56 bits per heavy atom. The van der Waals surface area contributed by atoms with Crippen molar-refractivity contribution in [1.82, 2.24) is 14.6 Å². The third kappa shape index (κ3) is 1.25. The van der Waals surface area contributed by atoms with Gasteiger partial charge in [-0.1, -0.05) is 0 Å². The SMILES string of the molecule is NCC1(c2cc3ncccn3n2)CC(O)C1. The van der Waals surface area contributed by atoms with Crippen molar-refractivity contribution in [2.75, 3.05) is 6.54 Å². The average molecular weight is 218 g/mol. The minimum Gasteiger partial charge on any atom is -0.393 e. The minimum absolute atomic E-state index is 0.146.